The van der Waals surface area contributed by atoms with E-state index in [4.69, 9.17) is 4.74 Å². The van der Waals surface area contributed by atoms with Crippen molar-refractivity contribution < 1.29 is 18.7 Å². The summed E-state index contributed by atoms with van der Waals surface area (Å²) in [6, 6.07) is 4.55. The highest BCUT2D eigenvalue weighted by Gasteiger charge is 2.36. The lowest BCUT2D eigenvalue weighted by molar-refractivity contribution is -0.159. The fourth-order valence-corrected chi connectivity index (χ4v) is 2.35. The number of carbonyl (C=O) groups is 2. The van der Waals surface area contributed by atoms with Crippen molar-refractivity contribution in [1.29, 1.82) is 0 Å². The first-order valence-corrected chi connectivity index (χ1v) is 7.32. The monoisotopic (exact) mass is 308 g/mol. The predicted octanol–water partition coefficient (Wildman–Crippen LogP) is 3.16. The molecule has 2 rings (SSSR count). The van der Waals surface area contributed by atoms with Crippen LogP contribution in [0.25, 0.3) is 0 Å². The van der Waals surface area contributed by atoms with E-state index in [0.717, 1.165) is 6.42 Å². The Balaban J connectivity index is 2.01. The number of nitrogens with one attached hydrogen (secondary N) is 1. The Labute approximate surface area is 129 Å². The van der Waals surface area contributed by atoms with Gasteiger partial charge in [-0.05, 0) is 57.9 Å². The maximum absolute atomic E-state index is 12.9. The van der Waals surface area contributed by atoms with Crippen LogP contribution in [0.1, 0.15) is 33.6 Å². The summed E-state index contributed by atoms with van der Waals surface area (Å²) in [5, 5.41) is 2.67. The molecule has 1 N–H and O–H groups in total. The number of nitrogens with zero attached hydrogens (tertiary/aromatic N) is 1. The summed E-state index contributed by atoms with van der Waals surface area (Å²) in [5.74, 6) is -0.759. The van der Waals surface area contributed by atoms with Crippen molar-refractivity contribution in [3.05, 3.63) is 30.1 Å². The van der Waals surface area contributed by atoms with Crippen LogP contribution in [-0.4, -0.2) is 35.1 Å². The van der Waals surface area contributed by atoms with Gasteiger partial charge in [0.2, 0.25) is 0 Å². The van der Waals surface area contributed by atoms with Crippen molar-refractivity contribution >= 4 is 17.7 Å². The Bertz CT molecular complexity index is 552. The van der Waals surface area contributed by atoms with E-state index in [1.165, 1.54) is 29.2 Å². The van der Waals surface area contributed by atoms with Crippen LogP contribution in [0, 0.1) is 5.82 Å². The van der Waals surface area contributed by atoms with Gasteiger partial charge in [-0.1, -0.05) is 0 Å². The topological polar surface area (TPSA) is 58.6 Å². The number of rotatable bonds is 2. The van der Waals surface area contributed by atoms with Gasteiger partial charge in [0.15, 0.2) is 0 Å². The van der Waals surface area contributed by atoms with Gasteiger partial charge in [0.05, 0.1) is 0 Å². The van der Waals surface area contributed by atoms with Crippen LogP contribution in [-0.2, 0) is 9.53 Å². The van der Waals surface area contributed by atoms with Crippen molar-refractivity contribution in [2.75, 3.05) is 11.9 Å². The molecule has 0 aliphatic carbocycles. The van der Waals surface area contributed by atoms with E-state index < -0.39 is 11.6 Å². The first-order valence-electron chi connectivity index (χ1n) is 7.32. The highest BCUT2D eigenvalue weighted by atomic mass is 19.1. The van der Waals surface area contributed by atoms with E-state index >= 15 is 0 Å². The maximum Gasteiger partial charge on any atom is 0.329 e. The maximum atomic E-state index is 12.9. The molecule has 1 aromatic carbocycles. The second-order valence-corrected chi connectivity index (χ2v) is 6.32. The summed E-state index contributed by atoms with van der Waals surface area (Å²) in [4.78, 5) is 25.9. The molecule has 2 amide bonds. The molecular weight excluding hydrogens is 287 g/mol. The summed E-state index contributed by atoms with van der Waals surface area (Å²) in [6.45, 7) is 5.88. The molecule has 1 atom stereocenters. The van der Waals surface area contributed by atoms with E-state index in [2.05, 4.69) is 5.32 Å². The minimum absolute atomic E-state index is 0.370. The van der Waals surface area contributed by atoms with Crippen molar-refractivity contribution in [3.63, 3.8) is 0 Å². The van der Waals surface area contributed by atoms with Crippen molar-refractivity contribution in [1.82, 2.24) is 4.90 Å². The van der Waals surface area contributed by atoms with Crippen LogP contribution in [0.15, 0.2) is 24.3 Å². The van der Waals surface area contributed by atoms with E-state index in [-0.39, 0.29) is 17.8 Å². The average molecular weight is 308 g/mol. The number of urea groups is 1. The molecule has 6 heteroatoms. The smallest absolute Gasteiger partial charge is 0.329 e. The third-order valence-corrected chi connectivity index (χ3v) is 3.29. The van der Waals surface area contributed by atoms with Gasteiger partial charge in [0.1, 0.15) is 17.5 Å². The molecular formula is C16H21FN2O3. The molecule has 22 heavy (non-hydrogen) atoms. The number of likely N-dealkylation sites (tertiary alicyclic amines) is 1. The fraction of sp³-hybridized carbons (Fsp3) is 0.500. The largest absolute Gasteiger partial charge is 0.458 e. The molecule has 1 aliphatic rings. The molecule has 1 saturated heterocycles. The Morgan fingerprint density at radius 2 is 1.91 bits per heavy atom. The van der Waals surface area contributed by atoms with E-state index in [9.17, 15) is 14.0 Å². The SMILES string of the molecule is CC(C)(C)OC(=O)C1CCCN1C(=O)Nc1ccc(F)cc1. The fourth-order valence-electron chi connectivity index (χ4n) is 2.35. The standard InChI is InChI=1S/C16H21FN2O3/c1-16(2,3)22-14(20)13-5-4-10-19(13)15(21)18-12-8-6-11(17)7-9-12/h6-9,13H,4-5,10H2,1-3H3,(H,18,21). The van der Waals surface area contributed by atoms with Crippen LogP contribution in [0.3, 0.4) is 0 Å². The summed E-state index contributed by atoms with van der Waals surface area (Å²) in [5.41, 5.74) is -0.0973. The summed E-state index contributed by atoms with van der Waals surface area (Å²) in [6.07, 6.45) is 1.34. The van der Waals surface area contributed by atoms with Gasteiger partial charge in [0.25, 0.3) is 0 Å². The number of carbonyl (C=O) groups excluding carboxylic acids is 2. The van der Waals surface area contributed by atoms with Crippen LogP contribution in [0.4, 0.5) is 14.9 Å². The van der Waals surface area contributed by atoms with Gasteiger partial charge in [0, 0.05) is 12.2 Å². The van der Waals surface area contributed by atoms with Crippen LogP contribution >= 0.6 is 0 Å². The summed E-state index contributed by atoms with van der Waals surface area (Å²) in [7, 11) is 0. The minimum Gasteiger partial charge on any atom is -0.458 e. The highest BCUT2D eigenvalue weighted by molar-refractivity contribution is 5.93. The van der Waals surface area contributed by atoms with E-state index in [1.807, 2.05) is 0 Å². The molecule has 1 unspecified atom stereocenters. The average Bonchev–Trinajstić information content (AvgIpc) is 2.89. The van der Waals surface area contributed by atoms with Gasteiger partial charge in [-0.15, -0.1) is 0 Å². The van der Waals surface area contributed by atoms with Gasteiger partial charge >= 0.3 is 12.0 Å². The molecule has 5 nitrogen and oxygen atoms in total. The molecule has 0 radical (unpaired) electrons. The summed E-state index contributed by atoms with van der Waals surface area (Å²) < 4.78 is 18.2. The number of hydrogen-bond acceptors (Lipinski definition) is 3. The first kappa shape index (κ1) is 16.3. The minimum atomic E-state index is -0.585. The van der Waals surface area contributed by atoms with Crippen LogP contribution < -0.4 is 5.32 Å². The Morgan fingerprint density at radius 3 is 2.50 bits per heavy atom. The lowest BCUT2D eigenvalue weighted by Crippen LogP contribution is -2.45. The van der Waals surface area contributed by atoms with Crippen LogP contribution in [0.2, 0.25) is 0 Å². The first-order chi connectivity index (χ1) is 10.3. The number of anilines is 1. The lowest BCUT2D eigenvalue weighted by atomic mass is 10.1. The third kappa shape index (κ3) is 4.19. The number of benzene rings is 1. The zero-order valence-corrected chi connectivity index (χ0v) is 13.1. The second-order valence-electron chi connectivity index (χ2n) is 6.32. The molecule has 120 valence electrons. The number of esters is 1. The van der Waals surface area contributed by atoms with Gasteiger partial charge in [-0.25, -0.2) is 14.0 Å². The van der Waals surface area contributed by atoms with Gasteiger partial charge in [-0.2, -0.15) is 0 Å². The molecule has 1 heterocycles. The summed E-state index contributed by atoms with van der Waals surface area (Å²) >= 11 is 0. The zero-order valence-electron chi connectivity index (χ0n) is 13.1. The van der Waals surface area contributed by atoms with Crippen LogP contribution in [0.5, 0.6) is 0 Å². The molecule has 1 fully saturated rings. The highest BCUT2D eigenvalue weighted by Crippen LogP contribution is 2.22. The number of ether oxygens (including phenoxy) is 1. The molecule has 1 aromatic rings. The Morgan fingerprint density at radius 1 is 1.27 bits per heavy atom. The lowest BCUT2D eigenvalue weighted by Gasteiger charge is -2.27. The normalized spacial score (nSPS) is 18.2. The van der Waals surface area contributed by atoms with E-state index in [0.29, 0.717) is 18.7 Å². The van der Waals surface area contributed by atoms with Gasteiger partial charge < -0.3 is 15.0 Å². The molecule has 0 saturated carbocycles. The number of hydrogen-bond donors (Lipinski definition) is 1. The zero-order chi connectivity index (χ0) is 16.3. The van der Waals surface area contributed by atoms with Crippen molar-refractivity contribution in [3.8, 4) is 0 Å². The molecule has 0 bridgehead atoms. The molecule has 1 aliphatic heterocycles. The predicted molar refractivity (Wildman–Crippen MR) is 81.0 cm³/mol. The number of halogens is 1. The quantitative estimate of drug-likeness (QED) is 0.854. The van der Waals surface area contributed by atoms with Gasteiger partial charge in [-0.3, -0.25) is 0 Å². The second kappa shape index (κ2) is 6.34. The van der Waals surface area contributed by atoms with Crippen molar-refractivity contribution in [2.45, 2.75) is 45.3 Å². The van der Waals surface area contributed by atoms with E-state index in [1.54, 1.807) is 20.8 Å². The Hall–Kier alpha value is -2.11. The Kier molecular flexibility index (Phi) is 4.68. The molecule has 0 spiro atoms. The number of amides is 2. The third-order valence-electron chi connectivity index (χ3n) is 3.29. The molecule has 0 aromatic heterocycles. The van der Waals surface area contributed by atoms with Crippen molar-refractivity contribution in [2.24, 2.45) is 0 Å².